The molecule has 1 heterocycles. The maximum absolute atomic E-state index is 9.81. The number of aromatic nitrogens is 2. The van der Waals surface area contributed by atoms with E-state index in [2.05, 4.69) is 15.5 Å². The van der Waals surface area contributed by atoms with E-state index in [1.54, 1.807) is 18.3 Å². The van der Waals surface area contributed by atoms with Gasteiger partial charge in [-0.05, 0) is 24.3 Å². The minimum Gasteiger partial charge on any atom is -0.489 e. The van der Waals surface area contributed by atoms with Crippen molar-refractivity contribution in [1.29, 1.82) is 0 Å². The second kappa shape index (κ2) is 7.79. The van der Waals surface area contributed by atoms with Crippen molar-refractivity contribution in [3.8, 4) is 5.75 Å². The van der Waals surface area contributed by atoms with Gasteiger partial charge in [0.05, 0.1) is 10.7 Å². The SMILES string of the molecule is OC(CNCc1cccnn1)COc1ccccc1Cl. The summed E-state index contributed by atoms with van der Waals surface area (Å²) in [5.74, 6) is 0.571. The lowest BCUT2D eigenvalue weighted by molar-refractivity contribution is 0.106. The van der Waals surface area contributed by atoms with Crippen LogP contribution in [0.15, 0.2) is 42.6 Å². The molecule has 20 heavy (non-hydrogen) atoms. The van der Waals surface area contributed by atoms with Gasteiger partial charge in [0, 0.05) is 19.3 Å². The largest absolute Gasteiger partial charge is 0.489 e. The van der Waals surface area contributed by atoms with Gasteiger partial charge in [-0.3, -0.25) is 0 Å². The van der Waals surface area contributed by atoms with E-state index in [0.717, 1.165) is 5.69 Å². The van der Waals surface area contributed by atoms with Gasteiger partial charge < -0.3 is 15.2 Å². The van der Waals surface area contributed by atoms with E-state index in [0.29, 0.717) is 23.9 Å². The third-order valence-corrected chi connectivity index (χ3v) is 2.89. The Morgan fingerprint density at radius 1 is 1.25 bits per heavy atom. The van der Waals surface area contributed by atoms with Gasteiger partial charge in [-0.2, -0.15) is 10.2 Å². The summed E-state index contributed by atoms with van der Waals surface area (Å²) in [6.07, 6.45) is 0.999. The molecule has 5 nitrogen and oxygen atoms in total. The highest BCUT2D eigenvalue weighted by molar-refractivity contribution is 6.32. The minimum absolute atomic E-state index is 0.178. The molecule has 1 aromatic carbocycles. The van der Waals surface area contributed by atoms with Gasteiger partial charge in [0.15, 0.2) is 0 Å². The van der Waals surface area contributed by atoms with E-state index in [1.807, 2.05) is 24.3 Å². The number of hydrogen-bond acceptors (Lipinski definition) is 5. The first-order valence-corrected chi connectivity index (χ1v) is 6.66. The molecule has 1 unspecified atom stereocenters. The topological polar surface area (TPSA) is 67.3 Å². The Labute approximate surface area is 122 Å². The van der Waals surface area contributed by atoms with Crippen LogP contribution in [0.4, 0.5) is 0 Å². The molecule has 1 atom stereocenters. The fourth-order valence-corrected chi connectivity index (χ4v) is 1.79. The first-order chi connectivity index (χ1) is 9.75. The van der Waals surface area contributed by atoms with Crippen molar-refractivity contribution in [2.45, 2.75) is 12.6 Å². The zero-order valence-corrected chi connectivity index (χ0v) is 11.6. The Morgan fingerprint density at radius 2 is 2.10 bits per heavy atom. The van der Waals surface area contributed by atoms with Gasteiger partial charge in [-0.15, -0.1) is 0 Å². The Kier molecular flexibility index (Phi) is 5.73. The smallest absolute Gasteiger partial charge is 0.138 e. The van der Waals surface area contributed by atoms with Gasteiger partial charge >= 0.3 is 0 Å². The van der Waals surface area contributed by atoms with E-state index < -0.39 is 6.10 Å². The van der Waals surface area contributed by atoms with Gasteiger partial charge in [0.1, 0.15) is 18.5 Å². The van der Waals surface area contributed by atoms with Crippen molar-refractivity contribution < 1.29 is 9.84 Å². The summed E-state index contributed by atoms with van der Waals surface area (Å²) in [4.78, 5) is 0. The molecular weight excluding hydrogens is 278 g/mol. The zero-order chi connectivity index (χ0) is 14.2. The molecular formula is C14H16ClN3O2. The number of rotatable bonds is 7. The van der Waals surface area contributed by atoms with Crippen LogP contribution < -0.4 is 10.1 Å². The highest BCUT2D eigenvalue weighted by Gasteiger charge is 2.07. The molecule has 0 amide bonds. The van der Waals surface area contributed by atoms with E-state index in [9.17, 15) is 5.11 Å². The predicted octanol–water partition coefficient (Wildman–Crippen LogP) is 1.66. The first-order valence-electron chi connectivity index (χ1n) is 6.28. The van der Waals surface area contributed by atoms with Crippen molar-refractivity contribution in [3.05, 3.63) is 53.3 Å². The lowest BCUT2D eigenvalue weighted by Gasteiger charge is -2.13. The average Bonchev–Trinajstić information content (AvgIpc) is 2.47. The monoisotopic (exact) mass is 293 g/mol. The van der Waals surface area contributed by atoms with Crippen LogP contribution in [-0.2, 0) is 6.54 Å². The molecule has 0 radical (unpaired) electrons. The predicted molar refractivity (Wildman–Crippen MR) is 76.7 cm³/mol. The van der Waals surface area contributed by atoms with Crippen molar-refractivity contribution >= 4 is 11.6 Å². The van der Waals surface area contributed by atoms with Gasteiger partial charge in [-0.25, -0.2) is 0 Å². The number of aliphatic hydroxyl groups is 1. The number of para-hydroxylation sites is 1. The Bertz CT molecular complexity index is 525. The highest BCUT2D eigenvalue weighted by Crippen LogP contribution is 2.22. The number of aliphatic hydroxyl groups excluding tert-OH is 1. The Morgan fingerprint density at radius 3 is 2.85 bits per heavy atom. The van der Waals surface area contributed by atoms with E-state index >= 15 is 0 Å². The number of benzene rings is 1. The molecule has 0 fully saturated rings. The molecule has 106 valence electrons. The quantitative estimate of drug-likeness (QED) is 0.813. The fraction of sp³-hybridized carbons (Fsp3) is 0.286. The second-order valence-corrected chi connectivity index (χ2v) is 4.65. The van der Waals surface area contributed by atoms with Gasteiger partial charge in [-0.1, -0.05) is 23.7 Å². The van der Waals surface area contributed by atoms with Crippen molar-refractivity contribution in [2.75, 3.05) is 13.2 Å². The number of nitrogens with one attached hydrogen (secondary N) is 1. The fourth-order valence-electron chi connectivity index (χ4n) is 1.60. The van der Waals surface area contributed by atoms with E-state index in [4.69, 9.17) is 16.3 Å². The van der Waals surface area contributed by atoms with Crippen LogP contribution in [0.25, 0.3) is 0 Å². The average molecular weight is 294 g/mol. The van der Waals surface area contributed by atoms with Gasteiger partial charge in [0.25, 0.3) is 0 Å². The maximum Gasteiger partial charge on any atom is 0.138 e. The van der Waals surface area contributed by atoms with Crippen LogP contribution in [0, 0.1) is 0 Å². The molecule has 2 aromatic rings. The van der Waals surface area contributed by atoms with Crippen LogP contribution in [0.2, 0.25) is 5.02 Å². The second-order valence-electron chi connectivity index (χ2n) is 4.24. The maximum atomic E-state index is 9.81. The summed E-state index contributed by atoms with van der Waals surface area (Å²) in [6, 6.07) is 10.9. The third-order valence-electron chi connectivity index (χ3n) is 2.58. The van der Waals surface area contributed by atoms with E-state index in [1.165, 1.54) is 0 Å². The number of ether oxygens (including phenoxy) is 1. The molecule has 0 saturated carbocycles. The first kappa shape index (κ1) is 14.7. The molecule has 1 aromatic heterocycles. The third kappa shape index (κ3) is 4.77. The summed E-state index contributed by atoms with van der Waals surface area (Å²) >= 11 is 5.95. The van der Waals surface area contributed by atoms with Gasteiger partial charge in [0.2, 0.25) is 0 Å². The molecule has 0 spiro atoms. The standard InChI is InChI=1S/C14H16ClN3O2/c15-13-5-1-2-6-14(13)20-10-12(19)9-16-8-11-4-3-7-17-18-11/h1-7,12,16,19H,8-10H2. The summed E-state index contributed by atoms with van der Waals surface area (Å²) < 4.78 is 5.45. The summed E-state index contributed by atoms with van der Waals surface area (Å²) in [6.45, 7) is 1.13. The summed E-state index contributed by atoms with van der Waals surface area (Å²) in [7, 11) is 0. The Balaban J connectivity index is 1.68. The summed E-state index contributed by atoms with van der Waals surface area (Å²) in [5, 5.41) is 21.1. The number of nitrogens with zero attached hydrogens (tertiary/aromatic N) is 2. The molecule has 0 bridgehead atoms. The van der Waals surface area contributed by atoms with Crippen molar-refractivity contribution in [2.24, 2.45) is 0 Å². The Hall–Kier alpha value is -1.69. The zero-order valence-electron chi connectivity index (χ0n) is 10.9. The number of halogens is 1. The molecule has 2 N–H and O–H groups in total. The summed E-state index contributed by atoms with van der Waals surface area (Å²) in [5.41, 5.74) is 0.826. The molecule has 2 rings (SSSR count). The molecule has 6 heteroatoms. The van der Waals surface area contributed by atoms with E-state index in [-0.39, 0.29) is 6.61 Å². The molecule has 0 aliphatic heterocycles. The van der Waals surface area contributed by atoms with Crippen LogP contribution in [0.1, 0.15) is 5.69 Å². The normalized spacial score (nSPS) is 12.1. The van der Waals surface area contributed by atoms with Crippen molar-refractivity contribution in [3.63, 3.8) is 0 Å². The van der Waals surface area contributed by atoms with Crippen molar-refractivity contribution in [1.82, 2.24) is 15.5 Å². The lowest BCUT2D eigenvalue weighted by atomic mass is 10.3. The molecule has 0 saturated heterocycles. The molecule has 0 aliphatic carbocycles. The van der Waals surface area contributed by atoms with Crippen LogP contribution in [-0.4, -0.2) is 34.6 Å². The number of hydrogen-bond donors (Lipinski definition) is 2. The molecule has 0 aliphatic rings. The van der Waals surface area contributed by atoms with Crippen LogP contribution in [0.3, 0.4) is 0 Å². The van der Waals surface area contributed by atoms with Crippen LogP contribution in [0.5, 0.6) is 5.75 Å². The minimum atomic E-state index is -0.622. The van der Waals surface area contributed by atoms with Crippen LogP contribution >= 0.6 is 11.6 Å². The lowest BCUT2D eigenvalue weighted by Crippen LogP contribution is -2.31. The highest BCUT2D eigenvalue weighted by atomic mass is 35.5.